The summed E-state index contributed by atoms with van der Waals surface area (Å²) in [5.74, 6) is 0.181. The molecule has 1 aromatic rings. The van der Waals surface area contributed by atoms with Crippen LogP contribution in [0.5, 0.6) is 0 Å². The molecular weight excluding hydrogens is 226 g/mol. The molecule has 84 valence electrons. The zero-order valence-electron chi connectivity index (χ0n) is 8.83. The lowest BCUT2D eigenvalue weighted by atomic mass is 10.1. The van der Waals surface area contributed by atoms with E-state index >= 15 is 0 Å². The maximum Gasteiger partial charge on any atom is 0.323 e. The first-order valence-electron chi connectivity index (χ1n) is 5.05. The third-order valence-electron chi connectivity index (χ3n) is 2.63. The molecule has 0 bridgehead atoms. The summed E-state index contributed by atoms with van der Waals surface area (Å²) in [4.78, 5) is 13.1. The van der Waals surface area contributed by atoms with E-state index in [1.807, 2.05) is 25.1 Å². The second kappa shape index (κ2) is 4.14. The minimum atomic E-state index is -0.383. The Balaban J connectivity index is 2.43. The van der Waals surface area contributed by atoms with Crippen LogP contribution in [-0.4, -0.2) is 23.3 Å². The first-order chi connectivity index (χ1) is 7.65. The highest BCUT2D eigenvalue weighted by Crippen LogP contribution is 2.30. The maximum atomic E-state index is 11.5. The van der Waals surface area contributed by atoms with Crippen LogP contribution >= 0.6 is 11.6 Å². The van der Waals surface area contributed by atoms with E-state index < -0.39 is 0 Å². The van der Waals surface area contributed by atoms with Crippen LogP contribution in [0.3, 0.4) is 0 Å². The molecule has 1 aliphatic rings. The fourth-order valence-electron chi connectivity index (χ4n) is 1.87. The van der Waals surface area contributed by atoms with E-state index in [4.69, 9.17) is 17.0 Å². The van der Waals surface area contributed by atoms with Gasteiger partial charge in [0.15, 0.2) is 0 Å². The van der Waals surface area contributed by atoms with Gasteiger partial charge in [-0.2, -0.15) is 0 Å². The van der Waals surface area contributed by atoms with E-state index in [2.05, 4.69) is 5.32 Å². The standard InChI is InChI=1S/C11H12ClN3O/c1-2-15-9(10(13)14-11(15)16)7-5-3-4-6-8(7)12/h3-6,9H,2H2,1H3,(H2,13,14,16). The molecule has 2 rings (SSSR count). The Hall–Kier alpha value is -1.55. The molecule has 1 heterocycles. The van der Waals surface area contributed by atoms with Crippen molar-refractivity contribution in [2.75, 3.05) is 6.54 Å². The molecule has 1 aliphatic heterocycles. The fraction of sp³-hybridized carbons (Fsp3) is 0.273. The number of amides is 2. The molecular formula is C11H12ClN3O. The van der Waals surface area contributed by atoms with Gasteiger partial charge < -0.3 is 4.90 Å². The molecule has 0 radical (unpaired) electrons. The van der Waals surface area contributed by atoms with Gasteiger partial charge in [0, 0.05) is 17.1 Å². The van der Waals surface area contributed by atoms with Gasteiger partial charge >= 0.3 is 6.03 Å². The summed E-state index contributed by atoms with van der Waals surface area (Å²) in [6.45, 7) is 2.42. The Labute approximate surface area is 98.7 Å². The summed E-state index contributed by atoms with van der Waals surface area (Å²) in [6, 6.07) is 6.66. The van der Waals surface area contributed by atoms with Gasteiger partial charge in [-0.15, -0.1) is 0 Å². The van der Waals surface area contributed by atoms with Gasteiger partial charge in [-0.25, -0.2) is 4.79 Å². The highest BCUT2D eigenvalue weighted by Gasteiger charge is 2.36. The van der Waals surface area contributed by atoms with Crippen LogP contribution in [-0.2, 0) is 0 Å². The van der Waals surface area contributed by atoms with Crippen LogP contribution in [0, 0.1) is 5.41 Å². The summed E-state index contributed by atoms with van der Waals surface area (Å²) < 4.78 is 0. The number of urea groups is 1. The van der Waals surface area contributed by atoms with E-state index in [-0.39, 0.29) is 17.9 Å². The van der Waals surface area contributed by atoms with Crippen molar-refractivity contribution >= 4 is 23.5 Å². The fourth-order valence-corrected chi connectivity index (χ4v) is 2.11. The predicted octanol–water partition coefficient (Wildman–Crippen LogP) is 2.40. The molecule has 0 aliphatic carbocycles. The molecule has 1 aromatic carbocycles. The van der Waals surface area contributed by atoms with E-state index in [9.17, 15) is 4.79 Å². The third kappa shape index (κ3) is 1.65. The van der Waals surface area contributed by atoms with E-state index in [1.165, 1.54) is 0 Å². The Bertz CT molecular complexity index is 447. The number of hydrogen-bond acceptors (Lipinski definition) is 2. The smallest absolute Gasteiger partial charge is 0.310 e. The maximum absolute atomic E-state index is 11.5. The largest absolute Gasteiger partial charge is 0.323 e. The molecule has 1 atom stereocenters. The topological polar surface area (TPSA) is 56.2 Å². The second-order valence-corrected chi connectivity index (χ2v) is 3.96. The SMILES string of the molecule is CCN1C(=O)NC(=N)C1c1ccccc1Cl. The van der Waals surface area contributed by atoms with E-state index in [0.29, 0.717) is 11.6 Å². The lowest BCUT2D eigenvalue weighted by Crippen LogP contribution is -2.29. The summed E-state index contributed by atoms with van der Waals surface area (Å²) in [6.07, 6.45) is 0. The van der Waals surface area contributed by atoms with Crippen molar-refractivity contribution in [2.45, 2.75) is 13.0 Å². The molecule has 1 saturated heterocycles. The van der Waals surface area contributed by atoms with Crippen molar-refractivity contribution in [1.29, 1.82) is 5.41 Å². The van der Waals surface area contributed by atoms with Crippen molar-refractivity contribution < 1.29 is 4.79 Å². The van der Waals surface area contributed by atoms with Gasteiger partial charge in [0.05, 0.1) is 0 Å². The molecule has 0 aromatic heterocycles. The van der Waals surface area contributed by atoms with Crippen LogP contribution in [0.1, 0.15) is 18.5 Å². The van der Waals surface area contributed by atoms with Crippen LogP contribution in [0.15, 0.2) is 24.3 Å². The van der Waals surface area contributed by atoms with Crippen molar-refractivity contribution in [3.05, 3.63) is 34.9 Å². The normalized spacial score (nSPS) is 20.1. The van der Waals surface area contributed by atoms with Gasteiger partial charge in [0.1, 0.15) is 11.9 Å². The molecule has 5 heteroatoms. The van der Waals surface area contributed by atoms with Crippen LogP contribution in [0.2, 0.25) is 5.02 Å². The predicted molar refractivity (Wildman–Crippen MR) is 62.8 cm³/mol. The monoisotopic (exact) mass is 237 g/mol. The van der Waals surface area contributed by atoms with Crippen LogP contribution in [0.25, 0.3) is 0 Å². The number of likely N-dealkylation sites (N-methyl/N-ethyl adjacent to an activating group) is 1. The summed E-state index contributed by atoms with van der Waals surface area (Å²) in [5, 5.41) is 10.9. The first-order valence-corrected chi connectivity index (χ1v) is 5.43. The van der Waals surface area contributed by atoms with E-state index in [0.717, 1.165) is 5.56 Å². The Kier molecular flexibility index (Phi) is 2.83. The quantitative estimate of drug-likeness (QED) is 0.815. The molecule has 2 amide bonds. The number of halogens is 1. The number of rotatable bonds is 2. The average Bonchev–Trinajstić information content (AvgIpc) is 2.54. The van der Waals surface area contributed by atoms with Crippen LogP contribution < -0.4 is 5.32 Å². The number of nitrogens with one attached hydrogen (secondary N) is 2. The second-order valence-electron chi connectivity index (χ2n) is 3.55. The third-order valence-corrected chi connectivity index (χ3v) is 2.97. The Morgan fingerprint density at radius 1 is 1.50 bits per heavy atom. The van der Waals surface area contributed by atoms with E-state index in [1.54, 1.807) is 11.0 Å². The first kappa shape index (κ1) is 11.0. The summed E-state index contributed by atoms with van der Waals surface area (Å²) in [5.41, 5.74) is 0.786. The molecule has 0 spiro atoms. The summed E-state index contributed by atoms with van der Waals surface area (Å²) in [7, 11) is 0. The number of carbonyl (C=O) groups is 1. The van der Waals surface area contributed by atoms with Gasteiger partial charge in [-0.1, -0.05) is 29.8 Å². The van der Waals surface area contributed by atoms with Gasteiger partial charge in [0.2, 0.25) is 0 Å². The molecule has 16 heavy (non-hydrogen) atoms. The number of carbonyl (C=O) groups excluding carboxylic acids is 1. The van der Waals surface area contributed by atoms with Crippen molar-refractivity contribution in [2.24, 2.45) is 0 Å². The Morgan fingerprint density at radius 3 is 2.81 bits per heavy atom. The van der Waals surface area contributed by atoms with Crippen molar-refractivity contribution in [1.82, 2.24) is 10.2 Å². The number of amidine groups is 1. The van der Waals surface area contributed by atoms with Crippen molar-refractivity contribution in [3.63, 3.8) is 0 Å². The minimum Gasteiger partial charge on any atom is -0.310 e. The number of nitrogens with zero attached hydrogens (tertiary/aromatic N) is 1. The minimum absolute atomic E-state index is 0.181. The van der Waals surface area contributed by atoms with Gasteiger partial charge in [-0.3, -0.25) is 10.7 Å². The lowest BCUT2D eigenvalue weighted by Gasteiger charge is -2.21. The highest BCUT2D eigenvalue weighted by atomic mass is 35.5. The highest BCUT2D eigenvalue weighted by molar-refractivity contribution is 6.31. The zero-order chi connectivity index (χ0) is 11.7. The lowest BCUT2D eigenvalue weighted by molar-refractivity contribution is 0.209. The Morgan fingerprint density at radius 2 is 2.19 bits per heavy atom. The zero-order valence-corrected chi connectivity index (χ0v) is 9.58. The summed E-state index contributed by atoms with van der Waals surface area (Å²) >= 11 is 6.08. The molecule has 2 N–H and O–H groups in total. The molecule has 1 fully saturated rings. The van der Waals surface area contributed by atoms with Gasteiger partial charge in [0.25, 0.3) is 0 Å². The van der Waals surface area contributed by atoms with Crippen LogP contribution in [0.4, 0.5) is 4.79 Å². The molecule has 1 unspecified atom stereocenters. The van der Waals surface area contributed by atoms with Crippen molar-refractivity contribution in [3.8, 4) is 0 Å². The number of hydrogen-bond donors (Lipinski definition) is 2. The average molecular weight is 238 g/mol. The molecule has 4 nitrogen and oxygen atoms in total. The number of benzene rings is 1. The molecule has 0 saturated carbocycles. The van der Waals surface area contributed by atoms with Gasteiger partial charge in [-0.05, 0) is 13.0 Å².